The summed E-state index contributed by atoms with van der Waals surface area (Å²) < 4.78 is 0. The summed E-state index contributed by atoms with van der Waals surface area (Å²) in [6, 6.07) is 9.17. The van der Waals surface area contributed by atoms with E-state index >= 15 is 0 Å². The molecule has 0 saturated carbocycles. The van der Waals surface area contributed by atoms with E-state index in [-0.39, 0.29) is 0 Å². The molecule has 2 rings (SSSR count). The van der Waals surface area contributed by atoms with Gasteiger partial charge in [-0.15, -0.1) is 0 Å². The smallest absolute Gasteiger partial charge is 0.00492 e. The van der Waals surface area contributed by atoms with Gasteiger partial charge in [0.05, 0.1) is 0 Å². The van der Waals surface area contributed by atoms with Crippen molar-refractivity contribution in [2.45, 2.75) is 64.2 Å². The van der Waals surface area contributed by atoms with Crippen LogP contribution in [0.4, 0.5) is 0 Å². The molecule has 0 aliphatic heterocycles. The van der Waals surface area contributed by atoms with Gasteiger partial charge in [0.15, 0.2) is 0 Å². The van der Waals surface area contributed by atoms with Crippen LogP contribution in [-0.2, 0) is 5.41 Å². The third kappa shape index (κ3) is 1.69. The van der Waals surface area contributed by atoms with Crippen molar-refractivity contribution in [3.8, 4) is 0 Å². The van der Waals surface area contributed by atoms with E-state index in [4.69, 9.17) is 0 Å². The van der Waals surface area contributed by atoms with Gasteiger partial charge in [-0.25, -0.2) is 0 Å². The maximum absolute atomic E-state index is 2.38. The van der Waals surface area contributed by atoms with Crippen molar-refractivity contribution in [3.63, 3.8) is 0 Å². The van der Waals surface area contributed by atoms with Crippen LogP contribution in [0.5, 0.6) is 0 Å². The first-order valence-electron chi connectivity index (χ1n) is 6.86. The number of fused-ring (bicyclic) bond motifs is 1. The minimum atomic E-state index is 0.474. The highest BCUT2D eigenvalue weighted by atomic mass is 14.4. The Bertz CT molecular complexity index is 347. The molecule has 1 atom stereocenters. The second-order valence-corrected chi connectivity index (χ2v) is 5.22. The summed E-state index contributed by atoms with van der Waals surface area (Å²) in [6.45, 7) is 7.03. The van der Waals surface area contributed by atoms with E-state index < -0.39 is 0 Å². The highest BCUT2D eigenvalue weighted by Crippen LogP contribution is 2.47. The van der Waals surface area contributed by atoms with Gasteiger partial charge >= 0.3 is 0 Å². The lowest BCUT2D eigenvalue weighted by molar-refractivity contribution is 0.311. The van der Waals surface area contributed by atoms with Crippen molar-refractivity contribution in [3.05, 3.63) is 35.4 Å². The summed E-state index contributed by atoms with van der Waals surface area (Å²) in [4.78, 5) is 0. The standard InChI is InChI=1S/C16H24/c1-4-13-11-12-16(5-2,6-3)15-10-8-7-9-14(13)15/h7-10,13H,4-6,11-12H2,1-3H3. The van der Waals surface area contributed by atoms with E-state index in [0.717, 1.165) is 5.92 Å². The summed E-state index contributed by atoms with van der Waals surface area (Å²) in [5, 5.41) is 0. The molecular weight excluding hydrogens is 192 g/mol. The highest BCUT2D eigenvalue weighted by molar-refractivity contribution is 5.39. The molecule has 0 spiro atoms. The van der Waals surface area contributed by atoms with Gasteiger partial charge in [0.25, 0.3) is 0 Å². The Morgan fingerprint density at radius 3 is 2.44 bits per heavy atom. The summed E-state index contributed by atoms with van der Waals surface area (Å²) in [5.74, 6) is 0.808. The van der Waals surface area contributed by atoms with Crippen molar-refractivity contribution in [1.29, 1.82) is 0 Å². The molecule has 0 aromatic heterocycles. The molecular formula is C16H24. The minimum Gasteiger partial charge on any atom is -0.0648 e. The summed E-state index contributed by atoms with van der Waals surface area (Å²) in [7, 11) is 0. The van der Waals surface area contributed by atoms with E-state index in [2.05, 4.69) is 45.0 Å². The summed E-state index contributed by atoms with van der Waals surface area (Å²) in [6.07, 6.45) is 6.64. The Morgan fingerprint density at radius 2 is 1.81 bits per heavy atom. The van der Waals surface area contributed by atoms with E-state index in [9.17, 15) is 0 Å². The van der Waals surface area contributed by atoms with Crippen molar-refractivity contribution in [2.24, 2.45) is 0 Å². The first-order valence-corrected chi connectivity index (χ1v) is 6.86. The van der Waals surface area contributed by atoms with E-state index in [0.29, 0.717) is 5.41 Å². The van der Waals surface area contributed by atoms with Crippen molar-refractivity contribution in [1.82, 2.24) is 0 Å². The fourth-order valence-corrected chi connectivity index (χ4v) is 3.49. The first kappa shape index (κ1) is 11.7. The molecule has 16 heavy (non-hydrogen) atoms. The van der Waals surface area contributed by atoms with Gasteiger partial charge in [-0.3, -0.25) is 0 Å². The van der Waals surface area contributed by atoms with Crippen LogP contribution in [0.25, 0.3) is 0 Å². The van der Waals surface area contributed by atoms with Gasteiger partial charge in [0.1, 0.15) is 0 Å². The molecule has 1 aromatic carbocycles. The zero-order chi connectivity index (χ0) is 11.6. The zero-order valence-electron chi connectivity index (χ0n) is 10.9. The van der Waals surface area contributed by atoms with E-state index in [1.807, 2.05) is 0 Å². The Hall–Kier alpha value is -0.780. The molecule has 0 bridgehead atoms. The molecule has 1 aliphatic carbocycles. The molecule has 0 heterocycles. The second-order valence-electron chi connectivity index (χ2n) is 5.22. The SMILES string of the molecule is CCC1CCC(CC)(CC)c2ccccc21. The lowest BCUT2D eigenvalue weighted by Crippen LogP contribution is -2.31. The zero-order valence-corrected chi connectivity index (χ0v) is 10.9. The van der Waals surface area contributed by atoms with Gasteiger partial charge in [-0.2, -0.15) is 0 Å². The predicted molar refractivity (Wildman–Crippen MR) is 71.0 cm³/mol. The van der Waals surface area contributed by atoms with Gasteiger partial charge < -0.3 is 0 Å². The molecule has 0 radical (unpaired) electrons. The Balaban J connectivity index is 2.49. The van der Waals surface area contributed by atoms with E-state index in [1.165, 1.54) is 32.1 Å². The lowest BCUT2D eigenvalue weighted by atomic mass is 9.63. The molecule has 0 fully saturated rings. The topological polar surface area (TPSA) is 0 Å². The summed E-state index contributed by atoms with van der Waals surface area (Å²) >= 11 is 0. The molecule has 0 heteroatoms. The van der Waals surface area contributed by atoms with Gasteiger partial charge in [-0.05, 0) is 54.6 Å². The van der Waals surface area contributed by atoms with Crippen LogP contribution in [0.2, 0.25) is 0 Å². The molecule has 1 unspecified atom stereocenters. The van der Waals surface area contributed by atoms with Crippen LogP contribution in [0.3, 0.4) is 0 Å². The van der Waals surface area contributed by atoms with Crippen molar-refractivity contribution >= 4 is 0 Å². The second kappa shape index (κ2) is 4.61. The van der Waals surface area contributed by atoms with Crippen LogP contribution >= 0.6 is 0 Å². The average molecular weight is 216 g/mol. The van der Waals surface area contributed by atoms with Crippen LogP contribution in [-0.4, -0.2) is 0 Å². The Morgan fingerprint density at radius 1 is 1.12 bits per heavy atom. The molecule has 0 saturated heterocycles. The Kier molecular flexibility index (Phi) is 3.37. The minimum absolute atomic E-state index is 0.474. The maximum Gasteiger partial charge on any atom is -0.00492 e. The van der Waals surface area contributed by atoms with Crippen LogP contribution in [0.15, 0.2) is 24.3 Å². The molecule has 1 aromatic rings. The van der Waals surface area contributed by atoms with E-state index in [1.54, 1.807) is 11.1 Å². The van der Waals surface area contributed by atoms with Crippen molar-refractivity contribution < 1.29 is 0 Å². The Labute approximate surface area is 100 Å². The van der Waals surface area contributed by atoms with Crippen LogP contribution < -0.4 is 0 Å². The fraction of sp³-hybridized carbons (Fsp3) is 0.625. The fourth-order valence-electron chi connectivity index (χ4n) is 3.49. The number of hydrogen-bond acceptors (Lipinski definition) is 0. The van der Waals surface area contributed by atoms with Gasteiger partial charge in [0.2, 0.25) is 0 Å². The monoisotopic (exact) mass is 216 g/mol. The normalized spacial score (nSPS) is 22.8. The highest BCUT2D eigenvalue weighted by Gasteiger charge is 2.36. The quantitative estimate of drug-likeness (QED) is 0.664. The number of hydrogen-bond donors (Lipinski definition) is 0. The van der Waals surface area contributed by atoms with Crippen LogP contribution in [0.1, 0.15) is 69.9 Å². The number of benzene rings is 1. The summed E-state index contributed by atoms with van der Waals surface area (Å²) in [5.41, 5.74) is 3.76. The molecule has 0 N–H and O–H groups in total. The number of rotatable bonds is 3. The molecule has 0 amide bonds. The largest absolute Gasteiger partial charge is 0.0648 e. The first-order chi connectivity index (χ1) is 7.77. The maximum atomic E-state index is 2.38. The van der Waals surface area contributed by atoms with Gasteiger partial charge in [0, 0.05) is 0 Å². The molecule has 1 aliphatic rings. The molecule has 88 valence electrons. The van der Waals surface area contributed by atoms with Crippen LogP contribution in [0, 0.1) is 0 Å². The molecule has 0 nitrogen and oxygen atoms in total. The lowest BCUT2D eigenvalue weighted by Gasteiger charge is -2.41. The average Bonchev–Trinajstić information content (AvgIpc) is 2.37. The third-order valence-corrected chi connectivity index (χ3v) is 4.79. The van der Waals surface area contributed by atoms with Crippen molar-refractivity contribution in [2.75, 3.05) is 0 Å². The van der Waals surface area contributed by atoms with Gasteiger partial charge in [-0.1, -0.05) is 45.0 Å². The predicted octanol–water partition coefficient (Wildman–Crippen LogP) is 5.03. The third-order valence-electron chi connectivity index (χ3n) is 4.79.